The van der Waals surface area contributed by atoms with Crippen LogP contribution in [0.25, 0.3) is 0 Å². The summed E-state index contributed by atoms with van der Waals surface area (Å²) in [6, 6.07) is -0.203. The van der Waals surface area contributed by atoms with E-state index >= 15 is 0 Å². The summed E-state index contributed by atoms with van der Waals surface area (Å²) in [5.74, 6) is 0.561. The van der Waals surface area contributed by atoms with Crippen LogP contribution in [0.5, 0.6) is 0 Å². The van der Waals surface area contributed by atoms with Crippen molar-refractivity contribution in [3.05, 3.63) is 0 Å². The second kappa shape index (κ2) is 7.25. The van der Waals surface area contributed by atoms with Crippen molar-refractivity contribution in [3.63, 3.8) is 0 Å². The van der Waals surface area contributed by atoms with Gasteiger partial charge in [0.15, 0.2) is 0 Å². The maximum Gasteiger partial charge on any atom is 0.235 e. The van der Waals surface area contributed by atoms with E-state index < -0.39 is 0 Å². The molecule has 0 spiro atoms. The molecule has 0 aliphatic carbocycles. The number of rotatable bonds is 6. The van der Waals surface area contributed by atoms with Gasteiger partial charge in [-0.1, -0.05) is 27.7 Å². The molecule has 1 rings (SSSR count). The first-order chi connectivity index (χ1) is 8.84. The fourth-order valence-electron chi connectivity index (χ4n) is 2.81. The Morgan fingerprint density at radius 2 is 1.95 bits per heavy atom. The van der Waals surface area contributed by atoms with Gasteiger partial charge in [-0.3, -0.25) is 4.79 Å². The van der Waals surface area contributed by atoms with Gasteiger partial charge in [0, 0.05) is 6.54 Å². The molecule has 1 heterocycles. The Labute approximate surface area is 118 Å². The second-order valence-corrected chi connectivity index (χ2v) is 6.85. The van der Waals surface area contributed by atoms with E-state index in [1.165, 1.54) is 12.8 Å². The summed E-state index contributed by atoms with van der Waals surface area (Å²) in [6.07, 6.45) is 3.47. The van der Waals surface area contributed by atoms with Crippen LogP contribution in [-0.2, 0) is 4.79 Å². The molecule has 0 radical (unpaired) electrons. The largest absolute Gasteiger partial charge is 0.368 e. The van der Waals surface area contributed by atoms with Crippen molar-refractivity contribution in [1.82, 2.24) is 10.2 Å². The van der Waals surface area contributed by atoms with Crippen LogP contribution in [0.4, 0.5) is 0 Å². The Kier molecular flexibility index (Phi) is 6.27. The van der Waals surface area contributed by atoms with Crippen LogP contribution in [-0.4, -0.2) is 43.0 Å². The topological polar surface area (TPSA) is 58.4 Å². The maximum absolute atomic E-state index is 11.4. The average molecular weight is 269 g/mol. The fraction of sp³-hybridized carbons (Fsp3) is 0.933. The van der Waals surface area contributed by atoms with E-state index in [0.717, 1.165) is 38.5 Å². The van der Waals surface area contributed by atoms with Crippen LogP contribution < -0.4 is 11.1 Å². The molecule has 1 fully saturated rings. The molecule has 19 heavy (non-hydrogen) atoms. The van der Waals surface area contributed by atoms with E-state index in [4.69, 9.17) is 5.73 Å². The van der Waals surface area contributed by atoms with Gasteiger partial charge in [-0.25, -0.2) is 0 Å². The summed E-state index contributed by atoms with van der Waals surface area (Å²) >= 11 is 0. The molecule has 4 nitrogen and oxygen atoms in total. The number of hydrogen-bond donors (Lipinski definition) is 2. The highest BCUT2D eigenvalue weighted by Gasteiger charge is 2.30. The van der Waals surface area contributed by atoms with Gasteiger partial charge in [0.05, 0.1) is 6.04 Å². The molecule has 0 bridgehead atoms. The van der Waals surface area contributed by atoms with Gasteiger partial charge in [-0.05, 0) is 50.2 Å². The Hall–Kier alpha value is -0.610. The number of nitrogens with one attached hydrogen (secondary N) is 1. The first-order valence-electron chi connectivity index (χ1n) is 7.59. The average Bonchev–Trinajstić information content (AvgIpc) is 2.33. The fourth-order valence-corrected chi connectivity index (χ4v) is 2.81. The zero-order valence-electron chi connectivity index (χ0n) is 13.0. The van der Waals surface area contributed by atoms with Gasteiger partial charge < -0.3 is 16.0 Å². The summed E-state index contributed by atoms with van der Waals surface area (Å²) in [6.45, 7) is 12.8. The number of likely N-dealkylation sites (tertiary alicyclic amines) is 1. The predicted octanol–water partition coefficient (Wildman–Crippen LogP) is 1.60. The summed E-state index contributed by atoms with van der Waals surface area (Å²) in [5, 5.41) is 3.24. The van der Waals surface area contributed by atoms with E-state index in [1.54, 1.807) is 0 Å². The molecule has 0 saturated carbocycles. The Bertz CT molecular complexity index is 278. The lowest BCUT2D eigenvalue weighted by molar-refractivity contribution is -0.120. The van der Waals surface area contributed by atoms with E-state index in [2.05, 4.69) is 37.9 Å². The highest BCUT2D eigenvalue weighted by Crippen LogP contribution is 2.34. The number of carbonyl (C=O) groups is 1. The van der Waals surface area contributed by atoms with Crippen molar-refractivity contribution in [3.8, 4) is 0 Å². The molecule has 1 saturated heterocycles. The lowest BCUT2D eigenvalue weighted by atomic mass is 9.75. The third-order valence-electron chi connectivity index (χ3n) is 4.24. The van der Waals surface area contributed by atoms with Crippen LogP contribution in [0.1, 0.15) is 47.0 Å². The summed E-state index contributed by atoms with van der Waals surface area (Å²) in [7, 11) is 0. The lowest BCUT2D eigenvalue weighted by Crippen LogP contribution is -2.51. The van der Waals surface area contributed by atoms with E-state index in [-0.39, 0.29) is 11.9 Å². The summed E-state index contributed by atoms with van der Waals surface area (Å²) < 4.78 is 0. The molecular weight excluding hydrogens is 238 g/mol. The van der Waals surface area contributed by atoms with Crippen LogP contribution in [0.3, 0.4) is 0 Å². The predicted molar refractivity (Wildman–Crippen MR) is 79.9 cm³/mol. The quantitative estimate of drug-likeness (QED) is 0.770. The van der Waals surface area contributed by atoms with E-state index in [1.807, 2.05) is 0 Å². The van der Waals surface area contributed by atoms with Crippen molar-refractivity contribution >= 4 is 5.91 Å². The van der Waals surface area contributed by atoms with Crippen molar-refractivity contribution < 1.29 is 4.79 Å². The molecule has 1 atom stereocenters. The molecule has 1 aliphatic rings. The van der Waals surface area contributed by atoms with Gasteiger partial charge in [-0.15, -0.1) is 0 Å². The third-order valence-corrected chi connectivity index (χ3v) is 4.24. The zero-order chi connectivity index (χ0) is 14.5. The zero-order valence-corrected chi connectivity index (χ0v) is 13.0. The number of nitrogens with two attached hydrogens (primary N) is 1. The Morgan fingerprint density at radius 1 is 1.37 bits per heavy atom. The van der Waals surface area contributed by atoms with Gasteiger partial charge in [0.25, 0.3) is 0 Å². The van der Waals surface area contributed by atoms with E-state index in [0.29, 0.717) is 5.41 Å². The summed E-state index contributed by atoms with van der Waals surface area (Å²) in [4.78, 5) is 13.8. The smallest absolute Gasteiger partial charge is 0.235 e. The van der Waals surface area contributed by atoms with Crippen molar-refractivity contribution in [1.29, 1.82) is 0 Å². The first-order valence-corrected chi connectivity index (χ1v) is 7.59. The monoisotopic (exact) mass is 269 g/mol. The van der Waals surface area contributed by atoms with Crippen molar-refractivity contribution in [2.24, 2.45) is 17.1 Å². The van der Waals surface area contributed by atoms with Crippen molar-refractivity contribution in [2.75, 3.05) is 26.2 Å². The van der Waals surface area contributed by atoms with Gasteiger partial charge in [0.2, 0.25) is 5.91 Å². The minimum Gasteiger partial charge on any atom is -0.368 e. The SMILES string of the molecule is CCCNC(CN1CCC(C(C)(C)C)CC1)C(N)=O. The van der Waals surface area contributed by atoms with Crippen LogP contribution in [0, 0.1) is 11.3 Å². The molecular formula is C15H31N3O. The van der Waals surface area contributed by atoms with Gasteiger partial charge in [0.1, 0.15) is 0 Å². The minimum absolute atomic E-state index is 0.203. The van der Waals surface area contributed by atoms with Crippen molar-refractivity contribution in [2.45, 2.75) is 53.0 Å². The molecule has 1 aliphatic heterocycles. The molecule has 112 valence electrons. The van der Waals surface area contributed by atoms with Crippen LogP contribution in [0.2, 0.25) is 0 Å². The van der Waals surface area contributed by atoms with Crippen LogP contribution >= 0.6 is 0 Å². The number of piperidine rings is 1. The number of primary amides is 1. The maximum atomic E-state index is 11.4. The number of carbonyl (C=O) groups excluding carboxylic acids is 1. The van der Waals surface area contributed by atoms with Gasteiger partial charge >= 0.3 is 0 Å². The third kappa shape index (κ3) is 5.49. The Morgan fingerprint density at radius 3 is 2.37 bits per heavy atom. The highest BCUT2D eigenvalue weighted by atomic mass is 16.1. The van der Waals surface area contributed by atoms with Crippen LogP contribution in [0.15, 0.2) is 0 Å². The molecule has 0 aromatic rings. The first kappa shape index (κ1) is 16.4. The minimum atomic E-state index is -0.230. The Balaban J connectivity index is 2.40. The standard InChI is InChI=1S/C15H31N3O/c1-5-8-17-13(14(16)19)11-18-9-6-12(7-10-18)15(2,3)4/h12-13,17H,5-11H2,1-4H3,(H2,16,19). The van der Waals surface area contributed by atoms with E-state index in [9.17, 15) is 4.79 Å². The summed E-state index contributed by atoms with van der Waals surface area (Å²) in [5.41, 5.74) is 5.86. The van der Waals surface area contributed by atoms with Gasteiger partial charge in [-0.2, -0.15) is 0 Å². The molecule has 1 amide bonds. The molecule has 3 N–H and O–H groups in total. The molecule has 4 heteroatoms. The highest BCUT2D eigenvalue weighted by molar-refractivity contribution is 5.80. The lowest BCUT2D eigenvalue weighted by Gasteiger charge is -2.39. The molecule has 1 unspecified atom stereocenters. The second-order valence-electron chi connectivity index (χ2n) is 6.85. The number of hydrogen-bond acceptors (Lipinski definition) is 3. The number of nitrogens with zero attached hydrogens (tertiary/aromatic N) is 1. The molecule has 0 aromatic heterocycles. The normalized spacial score (nSPS) is 20.4. The molecule has 0 aromatic carbocycles. The number of amides is 1.